The molecule has 2 aromatic carbocycles. The van der Waals surface area contributed by atoms with Crippen LogP contribution in [-0.2, 0) is 16.1 Å². The molecule has 43 heavy (non-hydrogen) atoms. The van der Waals surface area contributed by atoms with Crippen molar-refractivity contribution in [2.45, 2.75) is 70.3 Å². The molecular weight excluding hydrogens is 566 g/mol. The number of hydrogen-bond donors (Lipinski definition) is 3. The number of nitrogens with one attached hydrogen (secondary N) is 3. The van der Waals surface area contributed by atoms with Crippen LogP contribution in [-0.4, -0.2) is 60.8 Å². The van der Waals surface area contributed by atoms with Crippen LogP contribution in [0.2, 0.25) is 5.02 Å². The van der Waals surface area contributed by atoms with E-state index >= 15 is 0 Å². The second kappa shape index (κ2) is 12.8. The van der Waals surface area contributed by atoms with Crippen LogP contribution in [0.1, 0.15) is 45.6 Å². The molecule has 0 spiro atoms. The third kappa shape index (κ3) is 7.32. The molecule has 2 amide bonds. The van der Waals surface area contributed by atoms with E-state index in [1.54, 1.807) is 4.90 Å². The number of aromatic amines is 1. The lowest BCUT2D eigenvalue weighted by Crippen LogP contribution is -2.55. The lowest BCUT2D eigenvalue weighted by atomic mass is 9.85. The van der Waals surface area contributed by atoms with Crippen molar-refractivity contribution in [1.82, 2.24) is 30.4 Å². The summed E-state index contributed by atoms with van der Waals surface area (Å²) in [7, 11) is 0. The van der Waals surface area contributed by atoms with Gasteiger partial charge in [-0.3, -0.25) is 9.89 Å². The smallest absolute Gasteiger partial charge is 0.410 e. The van der Waals surface area contributed by atoms with Gasteiger partial charge in [-0.05, 0) is 57.7 Å². The normalized spacial score (nSPS) is 18.6. The van der Waals surface area contributed by atoms with E-state index in [-0.39, 0.29) is 30.1 Å². The third-order valence-corrected chi connectivity index (χ3v) is 7.63. The minimum absolute atomic E-state index is 0.175. The van der Waals surface area contributed by atoms with E-state index in [0.29, 0.717) is 48.2 Å². The molecule has 1 aliphatic rings. The number of halogens is 1. The molecule has 11 heteroatoms. The molecule has 1 fully saturated rings. The maximum Gasteiger partial charge on any atom is 0.410 e. The summed E-state index contributed by atoms with van der Waals surface area (Å²) in [5, 5.41) is 15.2. The Morgan fingerprint density at radius 2 is 1.84 bits per heavy atom. The molecule has 1 saturated carbocycles. The van der Waals surface area contributed by atoms with Gasteiger partial charge >= 0.3 is 6.09 Å². The molecular formula is C32H36ClN7O3. The van der Waals surface area contributed by atoms with Crippen molar-refractivity contribution >= 4 is 40.5 Å². The summed E-state index contributed by atoms with van der Waals surface area (Å²) >= 11 is 6.54. The number of para-hydroxylation sites is 1. The Morgan fingerprint density at radius 3 is 2.58 bits per heavy atom. The third-order valence-electron chi connectivity index (χ3n) is 7.35. The minimum Gasteiger partial charge on any atom is -0.444 e. The fraction of sp³-hybridized carbons (Fsp3) is 0.344. The number of nitrogens with zero attached hydrogens (tertiary/aromatic N) is 4. The highest BCUT2D eigenvalue weighted by atomic mass is 35.5. The quantitative estimate of drug-likeness (QED) is 0.208. The van der Waals surface area contributed by atoms with Crippen LogP contribution in [0.3, 0.4) is 0 Å². The van der Waals surface area contributed by atoms with Gasteiger partial charge in [-0.25, -0.2) is 14.8 Å². The Bertz CT molecular complexity index is 1600. The van der Waals surface area contributed by atoms with Crippen molar-refractivity contribution in [3.63, 3.8) is 0 Å². The second-order valence-corrected chi connectivity index (χ2v) is 12.0. The molecule has 0 bridgehead atoms. The summed E-state index contributed by atoms with van der Waals surface area (Å²) in [5.74, 6) is 0.0612. The largest absolute Gasteiger partial charge is 0.444 e. The first-order valence-electron chi connectivity index (χ1n) is 14.3. The molecule has 0 aliphatic heterocycles. The van der Waals surface area contributed by atoms with E-state index in [0.717, 1.165) is 16.5 Å². The fourth-order valence-electron chi connectivity index (χ4n) is 5.36. The molecule has 0 radical (unpaired) electrons. The number of carbonyl (C=O) groups is 2. The predicted octanol–water partition coefficient (Wildman–Crippen LogP) is 6.11. The summed E-state index contributed by atoms with van der Waals surface area (Å²) in [6, 6.07) is 16.8. The number of aromatic nitrogens is 4. The number of benzene rings is 2. The number of fused-ring (bicyclic) bond motifs is 1. The Balaban J connectivity index is 1.44. The summed E-state index contributed by atoms with van der Waals surface area (Å²) in [6.45, 7) is 9.57. The van der Waals surface area contributed by atoms with E-state index < -0.39 is 5.60 Å². The van der Waals surface area contributed by atoms with Crippen molar-refractivity contribution in [3.8, 4) is 11.4 Å². The van der Waals surface area contributed by atoms with Gasteiger partial charge in [0.1, 0.15) is 17.0 Å². The summed E-state index contributed by atoms with van der Waals surface area (Å²) in [5.41, 5.74) is 2.31. The summed E-state index contributed by atoms with van der Waals surface area (Å²) < 4.78 is 5.83. The van der Waals surface area contributed by atoms with Crippen LogP contribution < -0.4 is 10.6 Å². The molecule has 4 aromatic rings. The van der Waals surface area contributed by atoms with E-state index in [9.17, 15) is 9.59 Å². The molecule has 2 aromatic heterocycles. The van der Waals surface area contributed by atoms with Gasteiger partial charge < -0.3 is 20.3 Å². The van der Waals surface area contributed by atoms with Crippen molar-refractivity contribution < 1.29 is 14.3 Å². The molecule has 10 nitrogen and oxygen atoms in total. The van der Waals surface area contributed by atoms with Crippen molar-refractivity contribution in [2.24, 2.45) is 0 Å². The van der Waals surface area contributed by atoms with Crippen LogP contribution in [0.25, 0.3) is 22.3 Å². The van der Waals surface area contributed by atoms with Gasteiger partial charge in [0.05, 0.1) is 22.8 Å². The zero-order chi connectivity index (χ0) is 30.6. The summed E-state index contributed by atoms with van der Waals surface area (Å²) in [6.07, 6.45) is 4.20. The molecule has 3 atom stereocenters. The van der Waals surface area contributed by atoms with Crippen LogP contribution in [0.4, 0.5) is 10.7 Å². The topological polar surface area (TPSA) is 125 Å². The zero-order valence-electron chi connectivity index (χ0n) is 24.5. The van der Waals surface area contributed by atoms with Crippen LogP contribution in [0.5, 0.6) is 0 Å². The SMILES string of the molecule is C=CC(=O)NC1CC[C@H](N(Cc2ccccc2)C(=O)OC(C)(C)C)C[C@H]1Nc1ncc(Cl)c(-c2n[nH]c3ccccc23)n1. The maximum absolute atomic E-state index is 13.5. The van der Waals surface area contributed by atoms with Crippen LogP contribution in [0.15, 0.2) is 73.4 Å². The standard InChI is InChI=1S/C32H36ClN7O3/c1-5-27(41)35-25-16-15-21(40(31(42)43-32(2,3)4)19-20-11-7-6-8-12-20)17-26(25)36-30-34-18-23(33)29(37-30)28-22-13-9-10-14-24(22)38-39-28/h5-14,18,21,25-26H,1,15-17,19H2,2-4H3,(H,35,41)(H,38,39)(H,34,36,37)/t21-,25?,26+/m0/s1. The predicted molar refractivity (Wildman–Crippen MR) is 168 cm³/mol. The minimum atomic E-state index is -0.650. The Kier molecular flexibility index (Phi) is 8.96. The van der Waals surface area contributed by atoms with Gasteiger partial charge in [-0.2, -0.15) is 5.10 Å². The van der Waals surface area contributed by atoms with Crippen LogP contribution >= 0.6 is 11.6 Å². The monoisotopic (exact) mass is 601 g/mol. The van der Waals surface area contributed by atoms with Gasteiger partial charge in [0.15, 0.2) is 0 Å². The molecule has 1 unspecified atom stereocenters. The van der Waals surface area contributed by atoms with E-state index in [4.69, 9.17) is 21.3 Å². The number of ether oxygens (including phenoxy) is 1. The van der Waals surface area contributed by atoms with Gasteiger partial charge in [0, 0.05) is 24.0 Å². The average molecular weight is 602 g/mol. The number of amides is 2. The first-order chi connectivity index (χ1) is 20.6. The average Bonchev–Trinajstić information content (AvgIpc) is 3.41. The highest BCUT2D eigenvalue weighted by Gasteiger charge is 2.37. The molecule has 0 saturated heterocycles. The Morgan fingerprint density at radius 1 is 1.09 bits per heavy atom. The highest BCUT2D eigenvalue weighted by Crippen LogP contribution is 2.32. The van der Waals surface area contributed by atoms with Gasteiger partial charge in [0.2, 0.25) is 11.9 Å². The molecule has 3 N–H and O–H groups in total. The number of anilines is 1. The number of hydrogen-bond acceptors (Lipinski definition) is 7. The van der Waals surface area contributed by atoms with Crippen molar-refractivity contribution in [1.29, 1.82) is 0 Å². The highest BCUT2D eigenvalue weighted by molar-refractivity contribution is 6.33. The molecule has 224 valence electrons. The van der Waals surface area contributed by atoms with E-state index in [1.807, 2.05) is 75.4 Å². The van der Waals surface area contributed by atoms with Gasteiger partial charge in [-0.1, -0.05) is 66.7 Å². The first-order valence-corrected chi connectivity index (χ1v) is 14.7. The zero-order valence-corrected chi connectivity index (χ0v) is 25.3. The van der Waals surface area contributed by atoms with Gasteiger partial charge in [0.25, 0.3) is 0 Å². The molecule has 5 rings (SSSR count). The Hall–Kier alpha value is -4.44. The summed E-state index contributed by atoms with van der Waals surface area (Å²) in [4.78, 5) is 36.9. The second-order valence-electron chi connectivity index (χ2n) is 11.6. The van der Waals surface area contributed by atoms with E-state index in [1.165, 1.54) is 12.3 Å². The number of rotatable bonds is 8. The molecule has 2 heterocycles. The number of carbonyl (C=O) groups excluding carboxylic acids is 2. The van der Waals surface area contributed by atoms with Gasteiger partial charge in [-0.15, -0.1) is 0 Å². The number of H-pyrrole nitrogens is 1. The van der Waals surface area contributed by atoms with Crippen LogP contribution in [0, 0.1) is 0 Å². The lowest BCUT2D eigenvalue weighted by molar-refractivity contribution is -0.117. The Labute approximate surface area is 255 Å². The maximum atomic E-state index is 13.5. The fourth-order valence-corrected chi connectivity index (χ4v) is 5.54. The van der Waals surface area contributed by atoms with Crippen molar-refractivity contribution in [3.05, 3.63) is 84.0 Å². The van der Waals surface area contributed by atoms with Crippen molar-refractivity contribution in [2.75, 3.05) is 5.32 Å². The van der Waals surface area contributed by atoms with E-state index in [2.05, 4.69) is 32.4 Å². The first kappa shape index (κ1) is 30.0. The lowest BCUT2D eigenvalue weighted by Gasteiger charge is -2.42. The molecule has 1 aliphatic carbocycles.